The topological polar surface area (TPSA) is 209 Å². The van der Waals surface area contributed by atoms with Crippen LogP contribution < -0.4 is 27.0 Å². The highest BCUT2D eigenvalue weighted by Crippen LogP contribution is 2.33. The molecule has 280 valence electrons. The Labute approximate surface area is 299 Å². The van der Waals surface area contributed by atoms with Gasteiger partial charge in [-0.3, -0.25) is 28.9 Å². The number of amides is 8. The van der Waals surface area contributed by atoms with E-state index in [4.69, 9.17) is 10.5 Å². The van der Waals surface area contributed by atoms with Gasteiger partial charge in [0.1, 0.15) is 18.7 Å². The predicted octanol–water partition coefficient (Wildman–Crippen LogP) is 2.80. The molecule has 1 aromatic rings. The summed E-state index contributed by atoms with van der Waals surface area (Å²) in [4.78, 5) is 89.3. The van der Waals surface area contributed by atoms with Crippen molar-refractivity contribution in [2.24, 2.45) is 23.0 Å². The molecule has 0 spiro atoms. The Morgan fingerprint density at radius 1 is 0.902 bits per heavy atom. The number of primary amides is 1. The lowest BCUT2D eigenvalue weighted by atomic mass is 9.76. The number of rotatable bonds is 18. The van der Waals surface area contributed by atoms with Crippen LogP contribution in [0.3, 0.4) is 0 Å². The van der Waals surface area contributed by atoms with Crippen LogP contribution in [-0.2, 0) is 35.3 Å². The van der Waals surface area contributed by atoms with Crippen molar-refractivity contribution in [1.29, 1.82) is 0 Å². The van der Waals surface area contributed by atoms with Crippen molar-refractivity contribution in [3.63, 3.8) is 0 Å². The molecule has 0 radical (unpaired) electrons. The van der Waals surface area contributed by atoms with Gasteiger partial charge in [0.15, 0.2) is 0 Å². The minimum atomic E-state index is -0.995. The first-order valence-electron chi connectivity index (χ1n) is 17.5. The standard InChI is InChI=1S/C36H53N7O8/c1-23(2)31(41-28(44)11-7-6-8-19-43-29(45)16-17-30(43)46)33(48)40-27(10-9-18-38-34(37)49)32(47)39-26-14-12-24(13-15-26)22-51-35(50)42-20-25(21-42)36(3,4)5/h12-17,23,25,27,31H,6-11,18-22H2,1-5H3,(H,39,47)(H,40,48)(H,41,44)(H3,37,38,49)/t27-,31-/m0/s1. The first-order valence-corrected chi connectivity index (χ1v) is 17.5. The Morgan fingerprint density at radius 2 is 1.55 bits per heavy atom. The maximum Gasteiger partial charge on any atom is 0.410 e. The van der Waals surface area contributed by atoms with E-state index in [0.29, 0.717) is 50.4 Å². The van der Waals surface area contributed by atoms with Crippen LogP contribution in [0.1, 0.15) is 78.7 Å². The second-order valence-corrected chi connectivity index (χ2v) is 14.5. The van der Waals surface area contributed by atoms with E-state index >= 15 is 0 Å². The number of benzene rings is 1. The lowest BCUT2D eigenvalue weighted by Crippen LogP contribution is -2.54. The van der Waals surface area contributed by atoms with Gasteiger partial charge in [0.25, 0.3) is 11.8 Å². The highest BCUT2D eigenvalue weighted by Gasteiger charge is 2.39. The minimum Gasteiger partial charge on any atom is -0.445 e. The molecule has 2 aliphatic heterocycles. The van der Waals surface area contributed by atoms with Crippen LogP contribution in [-0.4, -0.2) is 89.7 Å². The number of hydrogen-bond acceptors (Lipinski definition) is 8. The van der Waals surface area contributed by atoms with Crippen molar-refractivity contribution < 1.29 is 38.3 Å². The zero-order valence-electron chi connectivity index (χ0n) is 30.3. The van der Waals surface area contributed by atoms with Gasteiger partial charge in [-0.25, -0.2) is 9.59 Å². The number of nitrogens with zero attached hydrogens (tertiary/aromatic N) is 2. The molecule has 0 bridgehead atoms. The van der Waals surface area contributed by atoms with Crippen molar-refractivity contribution in [3.8, 4) is 0 Å². The quantitative estimate of drug-likeness (QED) is 0.113. The van der Waals surface area contributed by atoms with Gasteiger partial charge in [0.05, 0.1) is 0 Å². The van der Waals surface area contributed by atoms with E-state index in [2.05, 4.69) is 42.0 Å². The summed E-state index contributed by atoms with van der Waals surface area (Å²) in [5, 5.41) is 10.8. The average Bonchev–Trinajstić information content (AvgIpc) is 3.35. The van der Waals surface area contributed by atoms with Crippen molar-refractivity contribution >= 4 is 47.3 Å². The number of unbranched alkanes of at least 4 members (excludes halogenated alkanes) is 2. The fourth-order valence-corrected chi connectivity index (χ4v) is 5.54. The molecular weight excluding hydrogens is 658 g/mol. The number of urea groups is 1. The van der Waals surface area contributed by atoms with Crippen molar-refractivity contribution in [2.75, 3.05) is 31.5 Å². The third-order valence-corrected chi connectivity index (χ3v) is 9.00. The van der Waals surface area contributed by atoms with Gasteiger partial charge >= 0.3 is 12.1 Å². The highest BCUT2D eigenvalue weighted by molar-refractivity contribution is 6.12. The smallest absolute Gasteiger partial charge is 0.410 e. The first kappa shape index (κ1) is 40.5. The van der Waals surface area contributed by atoms with Crippen LogP contribution in [0.15, 0.2) is 36.4 Å². The molecule has 1 fully saturated rings. The Hall–Kier alpha value is -4.95. The third-order valence-electron chi connectivity index (χ3n) is 9.00. The summed E-state index contributed by atoms with van der Waals surface area (Å²) in [6.07, 6.45) is 4.41. The highest BCUT2D eigenvalue weighted by atomic mass is 16.6. The van der Waals surface area contributed by atoms with Gasteiger partial charge in [-0.1, -0.05) is 53.2 Å². The first-order chi connectivity index (χ1) is 24.0. The molecule has 15 nitrogen and oxygen atoms in total. The summed E-state index contributed by atoms with van der Waals surface area (Å²) < 4.78 is 5.45. The molecule has 2 atom stereocenters. The van der Waals surface area contributed by atoms with E-state index in [1.54, 1.807) is 43.0 Å². The summed E-state index contributed by atoms with van der Waals surface area (Å²) in [5.41, 5.74) is 6.49. The molecule has 0 aliphatic carbocycles. The zero-order valence-corrected chi connectivity index (χ0v) is 30.3. The Balaban J connectivity index is 1.51. The molecule has 2 heterocycles. The average molecular weight is 712 g/mol. The Morgan fingerprint density at radius 3 is 2.14 bits per heavy atom. The molecular formula is C36H53N7O8. The lowest BCUT2D eigenvalue weighted by molar-refractivity contribution is -0.137. The summed E-state index contributed by atoms with van der Waals surface area (Å²) >= 11 is 0. The van der Waals surface area contributed by atoms with E-state index in [1.165, 1.54) is 12.2 Å². The van der Waals surface area contributed by atoms with Crippen LogP contribution >= 0.6 is 0 Å². The molecule has 0 aromatic heterocycles. The van der Waals surface area contributed by atoms with E-state index in [1.807, 2.05) is 0 Å². The van der Waals surface area contributed by atoms with Crippen LogP contribution in [0.5, 0.6) is 0 Å². The van der Waals surface area contributed by atoms with Gasteiger partial charge in [0, 0.05) is 50.4 Å². The van der Waals surface area contributed by atoms with E-state index in [0.717, 1.165) is 10.5 Å². The third kappa shape index (κ3) is 13.0. The summed E-state index contributed by atoms with van der Waals surface area (Å²) in [7, 11) is 0. The van der Waals surface area contributed by atoms with Crippen LogP contribution in [0.25, 0.3) is 0 Å². The Bertz CT molecular complexity index is 1430. The monoisotopic (exact) mass is 711 g/mol. The number of imide groups is 1. The lowest BCUT2D eigenvalue weighted by Gasteiger charge is -2.45. The van der Waals surface area contributed by atoms with Crippen LogP contribution in [0.4, 0.5) is 15.3 Å². The summed E-state index contributed by atoms with van der Waals surface area (Å²) in [6.45, 7) is 11.9. The number of likely N-dealkylation sites (tertiary alicyclic amines) is 1. The molecule has 51 heavy (non-hydrogen) atoms. The fourth-order valence-electron chi connectivity index (χ4n) is 5.54. The normalized spacial score (nSPS) is 15.6. The minimum absolute atomic E-state index is 0.0793. The van der Waals surface area contributed by atoms with E-state index < -0.39 is 29.9 Å². The number of ether oxygens (including phenoxy) is 1. The summed E-state index contributed by atoms with van der Waals surface area (Å²) in [5.74, 6) is -1.91. The predicted molar refractivity (Wildman–Crippen MR) is 190 cm³/mol. The van der Waals surface area contributed by atoms with Crippen LogP contribution in [0, 0.1) is 17.3 Å². The number of carbonyl (C=O) groups is 7. The molecule has 8 amide bonds. The SMILES string of the molecule is CC(C)[C@H](NC(=O)CCCCCN1C(=O)C=CC1=O)C(=O)N[C@@H](CCCNC(N)=O)C(=O)Nc1ccc(COC(=O)N2CC(C(C)(C)C)C2)cc1. The fraction of sp³-hybridized carbons (Fsp3) is 0.583. The molecule has 1 aromatic carbocycles. The summed E-state index contributed by atoms with van der Waals surface area (Å²) in [6, 6.07) is 4.18. The molecule has 3 rings (SSSR count). The largest absolute Gasteiger partial charge is 0.445 e. The maximum absolute atomic E-state index is 13.4. The van der Waals surface area contributed by atoms with Crippen LogP contribution in [0.2, 0.25) is 0 Å². The number of carbonyl (C=O) groups excluding carboxylic acids is 7. The number of nitrogens with one attached hydrogen (secondary N) is 4. The second kappa shape index (κ2) is 18.9. The molecule has 15 heteroatoms. The maximum atomic E-state index is 13.4. The van der Waals surface area contributed by atoms with E-state index in [9.17, 15) is 33.6 Å². The molecule has 0 saturated carbocycles. The zero-order chi connectivity index (χ0) is 37.7. The van der Waals surface area contributed by atoms with Gasteiger partial charge in [-0.2, -0.15) is 0 Å². The molecule has 0 unspecified atom stereocenters. The van der Waals surface area contributed by atoms with Crippen molar-refractivity contribution in [3.05, 3.63) is 42.0 Å². The van der Waals surface area contributed by atoms with Gasteiger partial charge in [-0.05, 0) is 60.6 Å². The number of nitrogens with two attached hydrogens (primary N) is 1. The molecule has 6 N–H and O–H groups in total. The van der Waals surface area contributed by atoms with Crippen molar-refractivity contribution in [2.45, 2.75) is 91.8 Å². The van der Waals surface area contributed by atoms with Gasteiger partial charge < -0.3 is 36.6 Å². The second-order valence-electron chi connectivity index (χ2n) is 14.5. The Kier molecular flexibility index (Phi) is 15.0. The van der Waals surface area contributed by atoms with Gasteiger partial charge in [0.2, 0.25) is 17.7 Å². The number of anilines is 1. The molecule has 1 saturated heterocycles. The van der Waals surface area contributed by atoms with Crippen molar-refractivity contribution in [1.82, 2.24) is 25.8 Å². The molecule has 2 aliphatic rings. The number of hydrogen-bond donors (Lipinski definition) is 5. The van der Waals surface area contributed by atoms with Gasteiger partial charge in [-0.15, -0.1) is 0 Å². The van der Waals surface area contributed by atoms with E-state index in [-0.39, 0.29) is 67.7 Å².